The van der Waals surface area contributed by atoms with Crippen molar-refractivity contribution in [2.75, 3.05) is 13.1 Å². The van der Waals surface area contributed by atoms with Gasteiger partial charge in [-0.2, -0.15) is 0 Å². The summed E-state index contributed by atoms with van der Waals surface area (Å²) in [4.78, 5) is 35.4. The van der Waals surface area contributed by atoms with E-state index in [4.69, 9.17) is 5.73 Å². The molecule has 2 atom stereocenters. The molecule has 37 heavy (non-hydrogen) atoms. The smallest absolute Gasteiger partial charge is 0.256 e. The highest BCUT2D eigenvalue weighted by atomic mass is 19.1. The quantitative estimate of drug-likeness (QED) is 0.566. The van der Waals surface area contributed by atoms with E-state index in [0.29, 0.717) is 31.0 Å². The van der Waals surface area contributed by atoms with Gasteiger partial charge in [0.15, 0.2) is 0 Å². The number of carbonyl (C=O) groups excluding carboxylic acids is 2. The van der Waals surface area contributed by atoms with Crippen molar-refractivity contribution < 1.29 is 14.0 Å². The van der Waals surface area contributed by atoms with Crippen molar-refractivity contribution in [3.05, 3.63) is 65.7 Å². The number of benzene rings is 1. The minimum atomic E-state index is -0.565. The molecule has 2 heterocycles. The Bertz CT molecular complexity index is 1020. The van der Waals surface area contributed by atoms with Gasteiger partial charge in [0.1, 0.15) is 11.9 Å². The average molecular weight is 510 g/mol. The van der Waals surface area contributed by atoms with Crippen LogP contribution in [0.5, 0.6) is 0 Å². The van der Waals surface area contributed by atoms with Crippen LogP contribution in [0.2, 0.25) is 0 Å². The van der Waals surface area contributed by atoms with Crippen LogP contribution in [0.1, 0.15) is 68.3 Å². The number of hydrogen-bond acceptors (Lipinski definition) is 5. The van der Waals surface area contributed by atoms with E-state index < -0.39 is 6.04 Å². The van der Waals surface area contributed by atoms with Gasteiger partial charge in [-0.3, -0.25) is 19.5 Å². The van der Waals surface area contributed by atoms with Gasteiger partial charge in [-0.05, 0) is 74.3 Å². The number of aromatic nitrogens is 1. The van der Waals surface area contributed by atoms with Gasteiger partial charge in [0.05, 0.1) is 5.56 Å². The van der Waals surface area contributed by atoms with Crippen LogP contribution in [0.3, 0.4) is 0 Å². The lowest BCUT2D eigenvalue weighted by atomic mass is 9.90. The summed E-state index contributed by atoms with van der Waals surface area (Å²) in [6.07, 6.45) is 8.05. The first-order chi connectivity index (χ1) is 17.8. The van der Waals surface area contributed by atoms with Crippen molar-refractivity contribution in [2.45, 2.75) is 83.1 Å². The summed E-state index contributed by atoms with van der Waals surface area (Å²) in [5.41, 5.74) is 7.59. The van der Waals surface area contributed by atoms with Crippen LogP contribution >= 0.6 is 0 Å². The Labute approximate surface area is 219 Å². The highest BCUT2D eigenvalue weighted by molar-refractivity contribution is 5.97. The molecule has 1 saturated carbocycles. The van der Waals surface area contributed by atoms with E-state index in [1.54, 1.807) is 29.4 Å². The second-order valence-corrected chi connectivity index (χ2v) is 11.0. The number of hydrogen-bond donors (Lipinski definition) is 2. The van der Waals surface area contributed by atoms with Crippen molar-refractivity contribution in [1.29, 1.82) is 0 Å². The largest absolute Gasteiger partial charge is 0.352 e. The monoisotopic (exact) mass is 509 g/mol. The van der Waals surface area contributed by atoms with E-state index in [9.17, 15) is 14.0 Å². The summed E-state index contributed by atoms with van der Waals surface area (Å²) < 4.78 is 13.5. The number of nitrogens with two attached hydrogens (primary N) is 1. The van der Waals surface area contributed by atoms with Crippen LogP contribution in [0, 0.1) is 11.7 Å². The normalized spacial score (nSPS) is 24.3. The minimum absolute atomic E-state index is 0.0892. The number of nitrogens with one attached hydrogen (secondary N) is 1. The second kappa shape index (κ2) is 12.6. The number of pyridine rings is 1. The van der Waals surface area contributed by atoms with Gasteiger partial charge in [-0.15, -0.1) is 0 Å². The van der Waals surface area contributed by atoms with Crippen molar-refractivity contribution in [3.63, 3.8) is 0 Å². The van der Waals surface area contributed by atoms with Crippen molar-refractivity contribution in [3.8, 4) is 0 Å². The fraction of sp³-hybridized carbons (Fsp3) is 0.552. The Hall–Kier alpha value is -2.84. The molecule has 1 unspecified atom stereocenters. The summed E-state index contributed by atoms with van der Waals surface area (Å²) >= 11 is 0. The molecule has 200 valence electrons. The van der Waals surface area contributed by atoms with Crippen LogP contribution in [-0.4, -0.2) is 63.9 Å². The predicted molar refractivity (Wildman–Crippen MR) is 142 cm³/mol. The van der Waals surface area contributed by atoms with Gasteiger partial charge in [0.2, 0.25) is 5.91 Å². The molecule has 1 aromatic heterocycles. The lowest BCUT2D eigenvalue weighted by Crippen LogP contribution is -2.59. The highest BCUT2D eigenvalue weighted by Crippen LogP contribution is 2.27. The fourth-order valence-corrected chi connectivity index (χ4v) is 5.62. The summed E-state index contributed by atoms with van der Waals surface area (Å²) in [7, 11) is 0. The average Bonchev–Trinajstić information content (AvgIpc) is 2.90. The number of nitrogens with zero attached hydrogens (tertiary/aromatic N) is 3. The van der Waals surface area contributed by atoms with Crippen molar-refractivity contribution in [1.82, 2.24) is 20.1 Å². The molecule has 1 saturated heterocycles. The molecule has 8 heteroatoms. The van der Waals surface area contributed by atoms with Crippen molar-refractivity contribution in [2.24, 2.45) is 11.7 Å². The molecule has 1 aliphatic carbocycles. The maximum Gasteiger partial charge on any atom is 0.256 e. The molecule has 3 N–H and O–H groups in total. The lowest BCUT2D eigenvalue weighted by Gasteiger charge is -2.44. The fourth-order valence-electron chi connectivity index (χ4n) is 5.62. The van der Waals surface area contributed by atoms with Gasteiger partial charge < -0.3 is 16.0 Å². The molecule has 2 aliphatic rings. The highest BCUT2D eigenvalue weighted by Gasteiger charge is 2.39. The Kier molecular flexibility index (Phi) is 9.27. The molecule has 0 radical (unpaired) electrons. The molecular weight excluding hydrogens is 469 g/mol. The van der Waals surface area contributed by atoms with Gasteiger partial charge in [0.25, 0.3) is 5.91 Å². The van der Waals surface area contributed by atoms with E-state index in [2.05, 4.69) is 29.0 Å². The molecular formula is C29H40FN5O2. The lowest BCUT2D eigenvalue weighted by molar-refractivity contribution is -0.128. The van der Waals surface area contributed by atoms with E-state index in [0.717, 1.165) is 44.2 Å². The topological polar surface area (TPSA) is 91.6 Å². The van der Waals surface area contributed by atoms with Gasteiger partial charge in [0, 0.05) is 50.2 Å². The molecule has 1 aromatic carbocycles. The number of rotatable bonds is 8. The first-order valence-corrected chi connectivity index (χ1v) is 13.6. The first-order valence-electron chi connectivity index (χ1n) is 13.6. The third kappa shape index (κ3) is 7.36. The van der Waals surface area contributed by atoms with Crippen LogP contribution in [-0.2, 0) is 11.3 Å². The minimum Gasteiger partial charge on any atom is -0.352 e. The second-order valence-electron chi connectivity index (χ2n) is 11.0. The Balaban J connectivity index is 1.54. The molecule has 0 spiro atoms. The molecule has 1 aliphatic heterocycles. The van der Waals surface area contributed by atoms with Crippen LogP contribution in [0.4, 0.5) is 4.39 Å². The summed E-state index contributed by atoms with van der Waals surface area (Å²) in [6.45, 7) is 6.37. The number of halogens is 1. The van der Waals surface area contributed by atoms with Gasteiger partial charge in [-0.1, -0.05) is 26.0 Å². The number of carbonyl (C=O) groups is 2. The SMILES string of the molecule is CC(C)CN(Cc1ccc(F)cc1)C1CCN(C(=O)c2cccnc2)[C@@H](C(=O)NC2CCC(N)CC2)C1. The molecule has 2 amide bonds. The van der Waals surface area contributed by atoms with E-state index in [1.165, 1.54) is 12.1 Å². The van der Waals surface area contributed by atoms with Crippen LogP contribution in [0.15, 0.2) is 48.8 Å². The summed E-state index contributed by atoms with van der Waals surface area (Å²) in [5, 5.41) is 3.24. The third-order valence-corrected chi connectivity index (χ3v) is 7.58. The Morgan fingerprint density at radius 1 is 1.14 bits per heavy atom. The Morgan fingerprint density at radius 3 is 2.51 bits per heavy atom. The van der Waals surface area contributed by atoms with Gasteiger partial charge in [-0.25, -0.2) is 4.39 Å². The summed E-state index contributed by atoms with van der Waals surface area (Å²) in [5.74, 6) is -0.0731. The molecule has 4 rings (SSSR count). The van der Waals surface area contributed by atoms with E-state index in [-0.39, 0.29) is 35.8 Å². The van der Waals surface area contributed by atoms with Crippen LogP contribution < -0.4 is 11.1 Å². The molecule has 0 bridgehead atoms. The standard InChI is InChI=1S/C29H40FN5O2/c1-20(2)18-34(19-21-5-7-23(30)8-6-21)26-13-15-35(29(37)22-4-3-14-32-17-22)27(16-26)28(36)33-25-11-9-24(31)10-12-25/h3-8,14,17,20,24-27H,9-13,15-16,18-19,31H2,1-2H3,(H,33,36)/t24?,25?,26?,27-/m1/s1. The molecule has 7 nitrogen and oxygen atoms in total. The maximum atomic E-state index is 13.7. The first kappa shape index (κ1) is 27.2. The predicted octanol–water partition coefficient (Wildman–Crippen LogP) is 3.74. The van der Waals surface area contributed by atoms with Gasteiger partial charge >= 0.3 is 0 Å². The maximum absolute atomic E-state index is 13.7. The van der Waals surface area contributed by atoms with Crippen LogP contribution in [0.25, 0.3) is 0 Å². The van der Waals surface area contributed by atoms with E-state index in [1.807, 2.05) is 12.1 Å². The van der Waals surface area contributed by atoms with Crippen molar-refractivity contribution >= 4 is 11.8 Å². The molecule has 2 fully saturated rings. The number of likely N-dealkylation sites (tertiary alicyclic amines) is 1. The molecule has 2 aromatic rings. The Morgan fingerprint density at radius 2 is 1.86 bits per heavy atom. The van der Waals surface area contributed by atoms with E-state index >= 15 is 0 Å². The third-order valence-electron chi connectivity index (χ3n) is 7.58. The zero-order chi connectivity index (χ0) is 26.4. The zero-order valence-corrected chi connectivity index (χ0v) is 22.0. The zero-order valence-electron chi connectivity index (χ0n) is 22.0. The number of amides is 2. The summed E-state index contributed by atoms with van der Waals surface area (Å²) in [6, 6.07) is 9.97. The number of piperidine rings is 1.